The van der Waals surface area contributed by atoms with Crippen LogP contribution >= 0.6 is 0 Å². The number of hydrogen-bond donors (Lipinski definition) is 0. The molecule has 1 rings (SSSR count). The molecule has 3 heteroatoms. The van der Waals surface area contributed by atoms with E-state index in [0.717, 1.165) is 25.9 Å². The molecule has 1 aliphatic rings. The van der Waals surface area contributed by atoms with Crippen LogP contribution in [0.25, 0.3) is 0 Å². The lowest BCUT2D eigenvalue weighted by Crippen LogP contribution is -2.33. The topological polar surface area (TPSA) is 37.4 Å². The molecule has 0 aromatic heterocycles. The minimum atomic E-state index is -0.230. The summed E-state index contributed by atoms with van der Waals surface area (Å²) in [5.41, 5.74) is 0. The van der Waals surface area contributed by atoms with Gasteiger partial charge in [-0.15, -0.1) is 0 Å². The minimum absolute atomic E-state index is 0.157. The summed E-state index contributed by atoms with van der Waals surface area (Å²) in [6, 6.07) is 0. The van der Waals surface area contributed by atoms with E-state index in [0.29, 0.717) is 6.54 Å². The number of likely N-dealkylation sites (tertiary alicyclic amines) is 1. The van der Waals surface area contributed by atoms with Crippen LogP contribution in [0.3, 0.4) is 0 Å². The normalized spacial score (nSPS) is 18.1. The van der Waals surface area contributed by atoms with E-state index in [9.17, 15) is 9.59 Å². The molecule has 0 aromatic carbocycles. The molecule has 0 unspecified atom stereocenters. The number of Topliss-reactive ketones (excluding diaryl/α,β-unsaturated/α-hetero) is 2. The molecular weight excluding hydrogens is 166 g/mol. The third kappa shape index (κ3) is 2.92. The van der Waals surface area contributed by atoms with Crippen molar-refractivity contribution < 1.29 is 9.59 Å². The van der Waals surface area contributed by atoms with Gasteiger partial charge in [0.15, 0.2) is 0 Å². The average Bonchev–Trinajstić information content (AvgIpc) is 2.55. The Labute approximate surface area is 79.1 Å². The predicted octanol–water partition coefficient (Wildman–Crippen LogP) is 0.876. The van der Waals surface area contributed by atoms with Gasteiger partial charge in [0, 0.05) is 5.92 Å². The fourth-order valence-electron chi connectivity index (χ4n) is 1.54. The molecular formula is C10H17NO2. The number of ketones is 2. The molecule has 74 valence electrons. The van der Waals surface area contributed by atoms with E-state index in [1.165, 1.54) is 0 Å². The van der Waals surface area contributed by atoms with E-state index in [4.69, 9.17) is 0 Å². The molecule has 0 aliphatic carbocycles. The van der Waals surface area contributed by atoms with E-state index in [2.05, 4.69) is 4.90 Å². The quantitative estimate of drug-likeness (QED) is 0.607. The van der Waals surface area contributed by atoms with Crippen LogP contribution in [0.15, 0.2) is 0 Å². The molecule has 3 nitrogen and oxygen atoms in total. The fraction of sp³-hybridized carbons (Fsp3) is 0.800. The Morgan fingerprint density at radius 2 is 1.77 bits per heavy atom. The molecule has 1 fully saturated rings. The second kappa shape index (κ2) is 4.51. The summed E-state index contributed by atoms with van der Waals surface area (Å²) >= 11 is 0. The highest BCUT2D eigenvalue weighted by Gasteiger charge is 2.21. The molecule has 1 saturated heterocycles. The van der Waals surface area contributed by atoms with Crippen molar-refractivity contribution in [1.29, 1.82) is 0 Å². The average molecular weight is 183 g/mol. The predicted molar refractivity (Wildman–Crippen MR) is 50.5 cm³/mol. The summed E-state index contributed by atoms with van der Waals surface area (Å²) in [5, 5.41) is 0. The second-order valence-corrected chi connectivity index (χ2v) is 3.93. The number of carbonyl (C=O) groups is 2. The van der Waals surface area contributed by atoms with Crippen LogP contribution < -0.4 is 0 Å². The maximum atomic E-state index is 11.3. The van der Waals surface area contributed by atoms with Gasteiger partial charge in [0.05, 0.1) is 6.54 Å². The Bertz CT molecular complexity index is 205. The highest BCUT2D eigenvalue weighted by molar-refractivity contribution is 6.38. The van der Waals surface area contributed by atoms with Crippen molar-refractivity contribution in [1.82, 2.24) is 4.90 Å². The van der Waals surface area contributed by atoms with Crippen molar-refractivity contribution in [2.24, 2.45) is 5.92 Å². The summed E-state index contributed by atoms with van der Waals surface area (Å²) in [4.78, 5) is 24.7. The Balaban J connectivity index is 2.35. The summed E-state index contributed by atoms with van der Waals surface area (Å²) in [6.45, 7) is 5.81. The molecule has 0 radical (unpaired) electrons. The number of rotatable bonds is 4. The first kappa shape index (κ1) is 10.4. The van der Waals surface area contributed by atoms with Gasteiger partial charge in [-0.25, -0.2) is 0 Å². The second-order valence-electron chi connectivity index (χ2n) is 3.93. The van der Waals surface area contributed by atoms with Crippen LogP contribution in [0.1, 0.15) is 26.7 Å². The van der Waals surface area contributed by atoms with Crippen molar-refractivity contribution >= 4 is 11.6 Å². The molecule has 0 amide bonds. The first-order valence-electron chi connectivity index (χ1n) is 4.90. The van der Waals surface area contributed by atoms with Crippen LogP contribution in [-0.2, 0) is 9.59 Å². The van der Waals surface area contributed by atoms with E-state index in [1.807, 2.05) is 0 Å². The summed E-state index contributed by atoms with van der Waals surface area (Å²) in [7, 11) is 0. The van der Waals surface area contributed by atoms with E-state index >= 15 is 0 Å². The van der Waals surface area contributed by atoms with Crippen LogP contribution in [0, 0.1) is 5.92 Å². The highest BCUT2D eigenvalue weighted by Crippen LogP contribution is 2.07. The minimum Gasteiger partial charge on any atom is -0.296 e. The van der Waals surface area contributed by atoms with Crippen LogP contribution in [0.4, 0.5) is 0 Å². The van der Waals surface area contributed by atoms with Crippen LogP contribution in [0.2, 0.25) is 0 Å². The van der Waals surface area contributed by atoms with Gasteiger partial charge in [-0.3, -0.25) is 14.5 Å². The SMILES string of the molecule is CC(C)C(=O)C(=O)CN1CCCC1. The van der Waals surface area contributed by atoms with Crippen molar-refractivity contribution in [2.75, 3.05) is 19.6 Å². The van der Waals surface area contributed by atoms with Crippen LogP contribution in [-0.4, -0.2) is 36.1 Å². The zero-order valence-corrected chi connectivity index (χ0v) is 8.38. The Kier molecular flexibility index (Phi) is 3.60. The van der Waals surface area contributed by atoms with Gasteiger partial charge < -0.3 is 0 Å². The first-order valence-corrected chi connectivity index (χ1v) is 4.90. The molecule has 0 N–H and O–H groups in total. The number of carbonyl (C=O) groups excluding carboxylic acids is 2. The standard InChI is InChI=1S/C10H17NO2/c1-8(2)10(13)9(12)7-11-5-3-4-6-11/h8H,3-7H2,1-2H3. The van der Waals surface area contributed by atoms with E-state index in [1.54, 1.807) is 13.8 Å². The van der Waals surface area contributed by atoms with E-state index in [-0.39, 0.29) is 17.5 Å². The molecule has 13 heavy (non-hydrogen) atoms. The maximum Gasteiger partial charge on any atom is 0.212 e. The first-order chi connectivity index (χ1) is 6.11. The van der Waals surface area contributed by atoms with Gasteiger partial charge in [0.1, 0.15) is 0 Å². The van der Waals surface area contributed by atoms with Crippen molar-refractivity contribution in [2.45, 2.75) is 26.7 Å². The smallest absolute Gasteiger partial charge is 0.212 e. The fourth-order valence-corrected chi connectivity index (χ4v) is 1.54. The zero-order valence-electron chi connectivity index (χ0n) is 8.38. The maximum absolute atomic E-state index is 11.3. The summed E-state index contributed by atoms with van der Waals surface area (Å²) in [5.74, 6) is -0.612. The van der Waals surface area contributed by atoms with Crippen molar-refractivity contribution in [3.63, 3.8) is 0 Å². The number of hydrogen-bond acceptors (Lipinski definition) is 3. The highest BCUT2D eigenvalue weighted by atomic mass is 16.2. The third-order valence-corrected chi connectivity index (χ3v) is 2.37. The van der Waals surface area contributed by atoms with Gasteiger partial charge >= 0.3 is 0 Å². The molecule has 1 aliphatic heterocycles. The van der Waals surface area contributed by atoms with Gasteiger partial charge in [-0.05, 0) is 25.9 Å². The Hall–Kier alpha value is -0.700. The largest absolute Gasteiger partial charge is 0.296 e. The van der Waals surface area contributed by atoms with Gasteiger partial charge in [-0.2, -0.15) is 0 Å². The molecule has 0 atom stereocenters. The molecule has 0 aromatic rings. The van der Waals surface area contributed by atoms with Gasteiger partial charge in [-0.1, -0.05) is 13.8 Å². The monoisotopic (exact) mass is 183 g/mol. The number of nitrogens with zero attached hydrogens (tertiary/aromatic N) is 1. The zero-order chi connectivity index (χ0) is 9.84. The van der Waals surface area contributed by atoms with Gasteiger partial charge in [0.25, 0.3) is 0 Å². The van der Waals surface area contributed by atoms with Crippen molar-refractivity contribution in [3.8, 4) is 0 Å². The van der Waals surface area contributed by atoms with E-state index < -0.39 is 0 Å². The molecule has 0 spiro atoms. The summed E-state index contributed by atoms with van der Waals surface area (Å²) in [6.07, 6.45) is 2.31. The molecule has 0 saturated carbocycles. The molecule has 1 heterocycles. The summed E-state index contributed by atoms with van der Waals surface area (Å²) < 4.78 is 0. The molecule has 0 bridgehead atoms. The van der Waals surface area contributed by atoms with Gasteiger partial charge in [0.2, 0.25) is 11.6 Å². The lowest BCUT2D eigenvalue weighted by Gasteiger charge is -2.13. The Morgan fingerprint density at radius 1 is 1.23 bits per heavy atom. The lowest BCUT2D eigenvalue weighted by molar-refractivity contribution is -0.138. The third-order valence-electron chi connectivity index (χ3n) is 2.37. The van der Waals surface area contributed by atoms with Crippen LogP contribution in [0.5, 0.6) is 0 Å². The van der Waals surface area contributed by atoms with Crippen molar-refractivity contribution in [3.05, 3.63) is 0 Å². The Morgan fingerprint density at radius 3 is 2.23 bits per heavy atom. The lowest BCUT2D eigenvalue weighted by atomic mass is 10.1.